The summed E-state index contributed by atoms with van der Waals surface area (Å²) in [7, 11) is 0. The number of benzene rings is 2. The average molecular weight is 470 g/mol. The molecule has 8 heteroatoms. The van der Waals surface area contributed by atoms with Crippen LogP contribution in [0.4, 0.5) is 15.9 Å². The summed E-state index contributed by atoms with van der Waals surface area (Å²) >= 11 is 0. The summed E-state index contributed by atoms with van der Waals surface area (Å²) in [5, 5.41) is 23.6. The molecule has 0 saturated heterocycles. The highest BCUT2D eigenvalue weighted by atomic mass is 19.1. The highest BCUT2D eigenvalue weighted by Crippen LogP contribution is 2.30. The van der Waals surface area contributed by atoms with Crippen molar-refractivity contribution in [1.29, 1.82) is 5.26 Å². The predicted molar refractivity (Wildman–Crippen MR) is 132 cm³/mol. The first-order valence-corrected chi connectivity index (χ1v) is 11.1. The minimum atomic E-state index is -0.296. The van der Waals surface area contributed by atoms with Crippen molar-refractivity contribution in [2.75, 3.05) is 29.9 Å². The van der Waals surface area contributed by atoms with Gasteiger partial charge in [0.25, 0.3) is 0 Å². The number of hydroxylamine groups is 2. The Bertz CT molecular complexity index is 1310. The number of halogens is 1. The maximum absolute atomic E-state index is 13.6. The summed E-state index contributed by atoms with van der Waals surface area (Å²) in [5.74, 6) is 0.162. The maximum Gasteiger partial charge on any atom is 0.214 e. The smallest absolute Gasteiger partial charge is 0.214 e. The van der Waals surface area contributed by atoms with Crippen LogP contribution in [-0.4, -0.2) is 41.3 Å². The molecular weight excluding hydrogens is 445 g/mol. The van der Waals surface area contributed by atoms with E-state index in [0.29, 0.717) is 54.2 Å². The average Bonchev–Trinajstić information content (AvgIpc) is 2.87. The minimum Gasteiger partial charge on any atom is -0.368 e. The van der Waals surface area contributed by atoms with Crippen LogP contribution in [0, 0.1) is 17.1 Å². The third-order valence-corrected chi connectivity index (χ3v) is 5.52. The Morgan fingerprint density at radius 3 is 2.83 bits per heavy atom. The highest BCUT2D eigenvalue weighted by molar-refractivity contribution is 5.84. The molecule has 0 fully saturated rings. The Hall–Kier alpha value is -4.48. The van der Waals surface area contributed by atoms with E-state index in [-0.39, 0.29) is 12.4 Å². The summed E-state index contributed by atoms with van der Waals surface area (Å²) in [4.78, 5) is 18.3. The number of anilines is 2. The molecule has 1 aliphatic heterocycles. The van der Waals surface area contributed by atoms with E-state index in [1.165, 1.54) is 17.0 Å². The van der Waals surface area contributed by atoms with Gasteiger partial charge in [0.2, 0.25) is 6.41 Å². The van der Waals surface area contributed by atoms with Crippen LogP contribution in [0.15, 0.2) is 84.6 Å². The Labute approximate surface area is 203 Å². The van der Waals surface area contributed by atoms with E-state index in [0.717, 1.165) is 16.2 Å². The van der Waals surface area contributed by atoms with E-state index < -0.39 is 0 Å². The summed E-state index contributed by atoms with van der Waals surface area (Å²) in [6.07, 6.45) is 6.48. The molecule has 2 N–H and O–H groups in total. The number of hydrogen-bond acceptors (Lipinski definition) is 6. The predicted octanol–water partition coefficient (Wildman–Crippen LogP) is 4.52. The number of carbonyl (C=O) groups is 1. The number of pyridine rings is 1. The number of nitrogens with one attached hydrogen (secondary N) is 1. The molecule has 4 rings (SSSR count). The van der Waals surface area contributed by atoms with Crippen molar-refractivity contribution in [3.63, 3.8) is 0 Å². The number of rotatable bonds is 9. The molecule has 2 heterocycles. The molecule has 2 aromatic carbocycles. The fourth-order valence-corrected chi connectivity index (χ4v) is 3.85. The molecule has 0 radical (unpaired) electrons. The van der Waals surface area contributed by atoms with Gasteiger partial charge in [-0.05, 0) is 47.9 Å². The summed E-state index contributed by atoms with van der Waals surface area (Å²) in [6.45, 7) is 1.06. The van der Waals surface area contributed by atoms with Gasteiger partial charge in [0.1, 0.15) is 5.82 Å². The molecule has 0 atom stereocenters. The van der Waals surface area contributed by atoms with Crippen LogP contribution >= 0.6 is 0 Å². The fourth-order valence-electron chi connectivity index (χ4n) is 3.85. The minimum absolute atomic E-state index is 0.228. The molecule has 1 aliphatic rings. The molecule has 1 amide bonds. The van der Waals surface area contributed by atoms with Crippen LogP contribution in [0.1, 0.15) is 11.1 Å². The number of nitriles is 1. The van der Waals surface area contributed by atoms with Gasteiger partial charge in [0.15, 0.2) is 5.82 Å². The van der Waals surface area contributed by atoms with Crippen molar-refractivity contribution in [1.82, 2.24) is 10.0 Å². The number of amides is 1. The van der Waals surface area contributed by atoms with E-state index in [1.54, 1.807) is 42.6 Å². The molecule has 7 nitrogen and oxygen atoms in total. The highest BCUT2D eigenvalue weighted by Gasteiger charge is 2.17. The van der Waals surface area contributed by atoms with E-state index in [2.05, 4.69) is 11.4 Å². The third-order valence-electron chi connectivity index (χ3n) is 5.52. The number of hydrogen-bond donors (Lipinski definition) is 2. The molecule has 1 aromatic heterocycles. The van der Waals surface area contributed by atoms with Crippen molar-refractivity contribution >= 4 is 17.9 Å². The van der Waals surface area contributed by atoms with Gasteiger partial charge in [-0.1, -0.05) is 42.5 Å². The lowest BCUT2D eigenvalue weighted by atomic mass is 10.0. The lowest BCUT2D eigenvalue weighted by Crippen LogP contribution is -2.27. The third kappa shape index (κ3) is 5.91. The summed E-state index contributed by atoms with van der Waals surface area (Å²) in [6, 6.07) is 19.3. The monoisotopic (exact) mass is 469 g/mol. The van der Waals surface area contributed by atoms with Gasteiger partial charge in [-0.15, -0.1) is 0 Å². The lowest BCUT2D eigenvalue weighted by molar-refractivity contribution is -0.107. The molecule has 176 valence electrons. The first kappa shape index (κ1) is 23.7. The Kier molecular flexibility index (Phi) is 7.50. The SMILES string of the molecule is N#Cc1ccccc1-c1ccc(N(C=O)CC2=CN(O)CC=C2)c(NCCc2cccc(F)c2)n1. The first-order valence-electron chi connectivity index (χ1n) is 11.1. The van der Waals surface area contributed by atoms with Gasteiger partial charge < -0.3 is 10.2 Å². The lowest BCUT2D eigenvalue weighted by Gasteiger charge is -2.24. The van der Waals surface area contributed by atoms with Gasteiger partial charge in [-0.2, -0.15) is 5.26 Å². The number of nitrogens with zero attached hydrogens (tertiary/aromatic N) is 4. The zero-order valence-electron chi connectivity index (χ0n) is 18.9. The van der Waals surface area contributed by atoms with Crippen molar-refractivity contribution in [3.8, 4) is 17.3 Å². The molecule has 0 bridgehead atoms. The van der Waals surface area contributed by atoms with E-state index >= 15 is 0 Å². The summed E-state index contributed by atoms with van der Waals surface area (Å²) < 4.78 is 13.6. The molecule has 0 spiro atoms. The van der Waals surface area contributed by atoms with Gasteiger partial charge in [-0.3, -0.25) is 15.1 Å². The van der Waals surface area contributed by atoms with Gasteiger partial charge >= 0.3 is 0 Å². The van der Waals surface area contributed by atoms with Crippen LogP contribution in [-0.2, 0) is 11.2 Å². The van der Waals surface area contributed by atoms with Crippen molar-refractivity contribution in [2.24, 2.45) is 0 Å². The Balaban J connectivity index is 1.65. The maximum atomic E-state index is 13.6. The number of aromatic nitrogens is 1. The van der Waals surface area contributed by atoms with E-state index in [9.17, 15) is 19.7 Å². The molecular formula is C27H24FN5O2. The zero-order chi connectivity index (χ0) is 24.6. The molecule has 3 aromatic rings. The van der Waals surface area contributed by atoms with Crippen LogP contribution in [0.3, 0.4) is 0 Å². The van der Waals surface area contributed by atoms with Gasteiger partial charge in [0, 0.05) is 18.3 Å². The fraction of sp³-hybridized carbons (Fsp3) is 0.148. The molecule has 0 saturated carbocycles. The van der Waals surface area contributed by atoms with Gasteiger partial charge in [0.05, 0.1) is 36.1 Å². The Morgan fingerprint density at radius 1 is 1.20 bits per heavy atom. The van der Waals surface area contributed by atoms with Crippen LogP contribution in [0.2, 0.25) is 0 Å². The topological polar surface area (TPSA) is 92.5 Å². The largest absolute Gasteiger partial charge is 0.368 e. The quantitative estimate of drug-likeness (QED) is 0.448. The van der Waals surface area contributed by atoms with Crippen molar-refractivity contribution < 1.29 is 14.4 Å². The van der Waals surface area contributed by atoms with E-state index in [1.807, 2.05) is 24.3 Å². The molecule has 0 unspecified atom stereocenters. The normalized spacial score (nSPS) is 12.6. The second-order valence-corrected chi connectivity index (χ2v) is 7.99. The second kappa shape index (κ2) is 11.1. The zero-order valence-corrected chi connectivity index (χ0v) is 18.9. The van der Waals surface area contributed by atoms with Crippen LogP contribution in [0.5, 0.6) is 0 Å². The van der Waals surface area contributed by atoms with Crippen LogP contribution in [0.25, 0.3) is 11.3 Å². The van der Waals surface area contributed by atoms with Gasteiger partial charge in [-0.25, -0.2) is 9.37 Å². The summed E-state index contributed by atoms with van der Waals surface area (Å²) in [5.41, 5.74) is 3.88. The van der Waals surface area contributed by atoms with E-state index in [4.69, 9.17) is 4.98 Å². The van der Waals surface area contributed by atoms with Crippen molar-refractivity contribution in [2.45, 2.75) is 6.42 Å². The van der Waals surface area contributed by atoms with Crippen LogP contribution < -0.4 is 10.2 Å². The second-order valence-electron chi connectivity index (χ2n) is 7.99. The Morgan fingerprint density at radius 2 is 2.06 bits per heavy atom. The number of carbonyl (C=O) groups excluding carboxylic acids is 1. The molecule has 35 heavy (non-hydrogen) atoms. The van der Waals surface area contributed by atoms with Crippen molar-refractivity contribution in [3.05, 3.63) is 102 Å². The first-order chi connectivity index (χ1) is 17.1. The standard InChI is InChI=1S/C27H24FN5O2/c28-23-8-3-5-20(15-23)12-13-30-27-26(32(19-34)17-21-6-4-14-33(35)18-21)11-10-25(31-27)24-9-2-1-7-22(24)16-29/h1-11,15,18-19,35H,12-14,17H2,(H,30,31). The molecule has 0 aliphatic carbocycles.